The van der Waals surface area contributed by atoms with Crippen molar-refractivity contribution in [3.05, 3.63) is 35.0 Å². The van der Waals surface area contributed by atoms with Crippen LogP contribution in [0.15, 0.2) is 21.2 Å². The van der Waals surface area contributed by atoms with Gasteiger partial charge in [0.05, 0.1) is 0 Å². The molecule has 0 aliphatic heterocycles. The molecule has 2 aliphatic rings. The average Bonchev–Trinajstić information content (AvgIpc) is 3.88. The van der Waals surface area contributed by atoms with Crippen LogP contribution in [0.25, 0.3) is 0 Å². The highest BCUT2D eigenvalue weighted by Crippen LogP contribution is 2.35. The molecule has 0 radical (unpaired) electrons. The highest BCUT2D eigenvalue weighted by molar-refractivity contribution is 5.93. The van der Waals surface area contributed by atoms with Crippen molar-refractivity contribution in [3.63, 3.8) is 0 Å². The number of ether oxygens (including phenoxy) is 2. The molecule has 2 aliphatic carbocycles. The van der Waals surface area contributed by atoms with E-state index in [-0.39, 0.29) is 47.5 Å². The zero-order valence-corrected chi connectivity index (χ0v) is 40.6. The Kier molecular flexibility index (Phi) is 21.0. The number of rotatable bonds is 18. The standard InChI is InChI=1S/2C24H39N3O5/c2*1-7-17-12-16(13-18(28)11-15(3)25-23(30)31-24(4,5)6)9-10-20(17)26-22(29)21-14-19(8-2)32-27-21/h2*14-17,20H,7-13H2,1-6H3,(H,25,30)(H,26,29)/t15-,16+,17-,20+;15-,16-,17+,20-/m00/s1. The molecule has 2 aromatic heterocycles. The van der Waals surface area contributed by atoms with Crippen molar-refractivity contribution in [2.45, 2.75) is 208 Å². The van der Waals surface area contributed by atoms with Crippen LogP contribution in [0.1, 0.15) is 193 Å². The maximum Gasteiger partial charge on any atom is 0.407 e. The Hall–Kier alpha value is -4.76. The van der Waals surface area contributed by atoms with Gasteiger partial charge < -0.3 is 39.8 Å². The van der Waals surface area contributed by atoms with Crippen LogP contribution in [0.5, 0.6) is 0 Å². The van der Waals surface area contributed by atoms with Crippen LogP contribution in [0.3, 0.4) is 0 Å². The quantitative estimate of drug-likeness (QED) is 0.110. The number of aromatic nitrogens is 2. The summed E-state index contributed by atoms with van der Waals surface area (Å²) < 4.78 is 20.8. The molecule has 360 valence electrons. The largest absolute Gasteiger partial charge is 0.444 e. The summed E-state index contributed by atoms with van der Waals surface area (Å²) in [5, 5.41) is 19.4. The molecule has 0 aromatic carbocycles. The second-order valence-corrected chi connectivity index (χ2v) is 19.9. The Morgan fingerprint density at radius 3 is 1.28 bits per heavy atom. The summed E-state index contributed by atoms with van der Waals surface area (Å²) in [6, 6.07) is 2.98. The molecule has 2 fully saturated rings. The van der Waals surface area contributed by atoms with Gasteiger partial charge >= 0.3 is 12.2 Å². The van der Waals surface area contributed by atoms with E-state index in [9.17, 15) is 28.8 Å². The molecule has 0 spiro atoms. The van der Waals surface area contributed by atoms with E-state index in [4.69, 9.17) is 18.5 Å². The highest BCUT2D eigenvalue weighted by atomic mass is 16.6. The predicted octanol–water partition coefficient (Wildman–Crippen LogP) is 8.85. The molecule has 2 saturated carbocycles. The number of amides is 4. The molecule has 2 heterocycles. The molecule has 0 unspecified atom stereocenters. The Morgan fingerprint density at radius 1 is 0.625 bits per heavy atom. The fourth-order valence-electron chi connectivity index (χ4n) is 8.65. The van der Waals surface area contributed by atoms with Gasteiger partial charge in [-0.1, -0.05) is 50.8 Å². The number of hydrogen-bond acceptors (Lipinski definition) is 12. The van der Waals surface area contributed by atoms with E-state index >= 15 is 0 Å². The van der Waals surface area contributed by atoms with E-state index in [2.05, 4.69) is 45.4 Å². The van der Waals surface area contributed by atoms with Crippen LogP contribution < -0.4 is 21.3 Å². The van der Waals surface area contributed by atoms with Gasteiger partial charge in [-0.3, -0.25) is 19.2 Å². The Labute approximate surface area is 380 Å². The molecular weight excluding hydrogens is 821 g/mol. The first-order valence-electron chi connectivity index (χ1n) is 23.6. The Bertz CT molecular complexity index is 1700. The van der Waals surface area contributed by atoms with Crippen molar-refractivity contribution in [2.75, 3.05) is 0 Å². The van der Waals surface area contributed by atoms with Gasteiger partial charge in [-0.2, -0.15) is 0 Å². The fourth-order valence-corrected chi connectivity index (χ4v) is 8.65. The molecular formula is C48H78N6O10. The number of Topliss-reactive ketones (excluding diaryl/α,β-unsaturated/α-hetero) is 2. The van der Waals surface area contributed by atoms with E-state index in [1.807, 2.05) is 27.7 Å². The molecule has 0 saturated heterocycles. The summed E-state index contributed by atoms with van der Waals surface area (Å²) in [6.07, 6.45) is 9.11. The smallest absolute Gasteiger partial charge is 0.407 e. The first-order valence-corrected chi connectivity index (χ1v) is 23.6. The SMILES string of the molecule is CCc1cc(C(=O)N[C@@H]2CC[C@@H](CC(=O)C[C@H](C)NC(=O)OC(C)(C)C)C[C@@H]2CC)no1.CCc1cc(C(=O)N[C@H]2CC[C@H](CC(=O)C[C@H](C)NC(=O)OC(C)(C)C)C[C@H]2CC)no1. The minimum Gasteiger partial charge on any atom is -0.444 e. The van der Waals surface area contributed by atoms with Crippen molar-refractivity contribution >= 4 is 35.6 Å². The lowest BCUT2D eigenvalue weighted by atomic mass is 9.74. The van der Waals surface area contributed by atoms with Gasteiger partial charge in [-0.05, 0) is 118 Å². The summed E-state index contributed by atoms with van der Waals surface area (Å²) in [5.41, 5.74) is -0.493. The molecule has 4 amide bonds. The molecule has 2 aromatic rings. The van der Waals surface area contributed by atoms with Crippen molar-refractivity contribution in [2.24, 2.45) is 23.7 Å². The van der Waals surface area contributed by atoms with Crippen molar-refractivity contribution < 1.29 is 47.3 Å². The number of nitrogens with zero attached hydrogens (tertiary/aromatic N) is 2. The van der Waals surface area contributed by atoms with Gasteiger partial charge in [-0.25, -0.2) is 9.59 Å². The molecule has 4 N–H and O–H groups in total. The maximum atomic E-state index is 12.6. The first-order chi connectivity index (χ1) is 30.0. The number of aryl methyl sites for hydroxylation is 2. The lowest BCUT2D eigenvalue weighted by molar-refractivity contribution is -0.121. The second-order valence-electron chi connectivity index (χ2n) is 19.9. The zero-order chi connectivity index (χ0) is 47.8. The van der Waals surface area contributed by atoms with Crippen molar-refractivity contribution in [1.29, 1.82) is 0 Å². The summed E-state index contributed by atoms with van der Waals surface area (Å²) in [5.74, 6) is 2.51. The van der Waals surface area contributed by atoms with Crippen LogP contribution >= 0.6 is 0 Å². The number of hydrogen-bond donors (Lipinski definition) is 4. The minimum atomic E-state index is -0.566. The van der Waals surface area contributed by atoms with Gasteiger partial charge in [0.1, 0.15) is 34.3 Å². The summed E-state index contributed by atoms with van der Waals surface area (Å²) >= 11 is 0. The van der Waals surface area contributed by atoms with Gasteiger partial charge in [0.2, 0.25) is 0 Å². The molecule has 0 bridgehead atoms. The van der Waals surface area contributed by atoms with Gasteiger partial charge in [0, 0.05) is 74.8 Å². The van der Waals surface area contributed by atoms with Crippen LogP contribution in [0.4, 0.5) is 9.59 Å². The van der Waals surface area contributed by atoms with E-state index in [1.165, 1.54) is 0 Å². The third-order valence-corrected chi connectivity index (χ3v) is 11.8. The minimum absolute atomic E-state index is 0.0772. The van der Waals surface area contributed by atoms with Gasteiger partial charge in [-0.15, -0.1) is 0 Å². The zero-order valence-electron chi connectivity index (χ0n) is 40.6. The molecule has 16 heteroatoms. The van der Waals surface area contributed by atoms with E-state index < -0.39 is 23.4 Å². The topological polar surface area (TPSA) is 221 Å². The van der Waals surface area contributed by atoms with Crippen molar-refractivity contribution in [3.8, 4) is 0 Å². The number of carbonyl (C=O) groups excluding carboxylic acids is 6. The average molecular weight is 899 g/mol. The van der Waals surface area contributed by atoms with Gasteiger partial charge in [0.15, 0.2) is 11.4 Å². The monoisotopic (exact) mass is 899 g/mol. The highest BCUT2D eigenvalue weighted by Gasteiger charge is 2.34. The van der Waals surface area contributed by atoms with E-state index in [1.54, 1.807) is 53.7 Å². The fraction of sp³-hybridized carbons (Fsp3) is 0.750. The third-order valence-electron chi connectivity index (χ3n) is 11.8. The maximum absolute atomic E-state index is 12.6. The van der Waals surface area contributed by atoms with Crippen molar-refractivity contribution in [1.82, 2.24) is 31.6 Å². The normalized spacial score (nSPS) is 22.1. The summed E-state index contributed by atoms with van der Waals surface area (Å²) in [4.78, 5) is 74.0. The molecule has 16 nitrogen and oxygen atoms in total. The Balaban J connectivity index is 0.000000340. The number of carbonyl (C=O) groups is 6. The van der Waals surface area contributed by atoms with Crippen LogP contribution in [-0.2, 0) is 31.9 Å². The number of nitrogens with one attached hydrogen (secondary N) is 4. The Morgan fingerprint density at radius 2 is 0.984 bits per heavy atom. The molecule has 8 atom stereocenters. The van der Waals surface area contributed by atoms with Crippen LogP contribution in [-0.4, -0.2) is 81.3 Å². The lowest BCUT2D eigenvalue weighted by Crippen LogP contribution is -2.44. The van der Waals surface area contributed by atoms with E-state index in [0.717, 1.165) is 51.4 Å². The molecule has 64 heavy (non-hydrogen) atoms. The van der Waals surface area contributed by atoms with Crippen LogP contribution in [0.2, 0.25) is 0 Å². The van der Waals surface area contributed by atoms with Crippen LogP contribution in [0, 0.1) is 23.7 Å². The van der Waals surface area contributed by atoms with Gasteiger partial charge in [0.25, 0.3) is 11.8 Å². The lowest BCUT2D eigenvalue weighted by Gasteiger charge is -2.36. The first kappa shape index (κ1) is 53.6. The third kappa shape index (κ3) is 19.1. The predicted molar refractivity (Wildman–Crippen MR) is 243 cm³/mol. The second kappa shape index (κ2) is 25.1. The molecule has 4 rings (SSSR count). The van der Waals surface area contributed by atoms with E-state index in [0.29, 0.717) is 85.1 Å². The summed E-state index contributed by atoms with van der Waals surface area (Å²) in [7, 11) is 0. The number of alkyl carbamates (subject to hydrolysis) is 2. The summed E-state index contributed by atoms with van der Waals surface area (Å²) in [6.45, 7) is 22.6. The number of ketones is 2.